The van der Waals surface area contributed by atoms with E-state index < -0.39 is 29.8 Å². The molecule has 4 atom stereocenters. The van der Waals surface area contributed by atoms with E-state index >= 15 is 4.39 Å². The molecule has 0 unspecified atom stereocenters. The van der Waals surface area contributed by atoms with Gasteiger partial charge in [-0.2, -0.15) is 15.1 Å². The number of hydrogen-bond acceptors (Lipinski definition) is 11. The van der Waals surface area contributed by atoms with Crippen LogP contribution in [0.15, 0.2) is 18.5 Å². The van der Waals surface area contributed by atoms with Crippen LogP contribution < -0.4 is 9.64 Å². The molecule has 5 aliphatic rings. The number of halogens is 3. The van der Waals surface area contributed by atoms with Gasteiger partial charge in [-0.25, -0.2) is 13.6 Å². The van der Waals surface area contributed by atoms with Gasteiger partial charge in [0.2, 0.25) is 0 Å². The molecule has 4 aromatic rings. The largest absolute Gasteiger partial charge is 0.508 e. The van der Waals surface area contributed by atoms with Gasteiger partial charge in [0.15, 0.2) is 5.82 Å². The number of aromatic amines is 1. The highest BCUT2D eigenvalue weighted by Gasteiger charge is 2.49. The fourth-order valence-corrected chi connectivity index (χ4v) is 8.00. The number of aliphatic hydroxyl groups is 1. The summed E-state index contributed by atoms with van der Waals surface area (Å²) in [6.45, 7) is 1.80. The summed E-state index contributed by atoms with van der Waals surface area (Å²) in [4.78, 5) is 30.3. The van der Waals surface area contributed by atoms with Gasteiger partial charge in [0.1, 0.15) is 29.8 Å². The Kier molecular flexibility index (Phi) is 7.33. The average molecular weight is 656 g/mol. The first-order chi connectivity index (χ1) is 22.3. The maximum atomic E-state index is 16.9. The van der Waals surface area contributed by atoms with Crippen molar-refractivity contribution in [2.75, 3.05) is 50.9 Å². The number of fused-ring (bicyclic) bond motifs is 8. The predicted molar refractivity (Wildman–Crippen MR) is 163 cm³/mol. The molecule has 9 rings (SSSR count). The van der Waals surface area contributed by atoms with Crippen LogP contribution in [-0.4, -0.2) is 105 Å². The van der Waals surface area contributed by atoms with Crippen LogP contribution in [0.25, 0.3) is 33.1 Å². The van der Waals surface area contributed by atoms with Gasteiger partial charge >= 0.3 is 12.2 Å². The summed E-state index contributed by atoms with van der Waals surface area (Å²) in [5.41, 5.74) is 0.969. The number of hydrogen-bond donors (Lipinski definition) is 2. The fourth-order valence-electron chi connectivity index (χ4n) is 7.70. The zero-order chi connectivity index (χ0) is 31.6. The second-order valence-corrected chi connectivity index (χ2v) is 13.1. The molecule has 0 amide bonds. The van der Waals surface area contributed by atoms with Crippen LogP contribution in [-0.2, 0) is 15.9 Å². The molecule has 0 radical (unpaired) electrons. The van der Waals surface area contributed by atoms with Crippen LogP contribution in [0.1, 0.15) is 31.2 Å². The van der Waals surface area contributed by atoms with E-state index in [0.29, 0.717) is 64.2 Å². The zero-order valence-corrected chi connectivity index (χ0v) is 25.6. The van der Waals surface area contributed by atoms with Crippen molar-refractivity contribution in [3.63, 3.8) is 0 Å². The van der Waals surface area contributed by atoms with Crippen LogP contribution in [0, 0.1) is 11.7 Å². The molecule has 3 aromatic heterocycles. The van der Waals surface area contributed by atoms with Crippen molar-refractivity contribution < 1.29 is 32.9 Å². The molecule has 3 fully saturated rings. The number of aromatic nitrogens is 5. The van der Waals surface area contributed by atoms with Gasteiger partial charge in [0.05, 0.1) is 42.0 Å². The molecule has 0 spiro atoms. The summed E-state index contributed by atoms with van der Waals surface area (Å²) >= 11 is 6.70. The van der Waals surface area contributed by atoms with E-state index in [1.807, 2.05) is 4.90 Å². The molecule has 3 saturated heterocycles. The van der Waals surface area contributed by atoms with Gasteiger partial charge in [-0.15, -0.1) is 0 Å². The summed E-state index contributed by atoms with van der Waals surface area (Å²) < 4.78 is 48.4. The quantitative estimate of drug-likeness (QED) is 0.307. The Morgan fingerprint density at radius 1 is 1.20 bits per heavy atom. The first-order valence-electron chi connectivity index (χ1n) is 15.5. The molecule has 0 aliphatic carbocycles. The highest BCUT2D eigenvalue weighted by molar-refractivity contribution is 6.33. The molecule has 15 heteroatoms. The molecule has 12 nitrogen and oxygen atoms in total. The number of piperidine rings is 1. The lowest BCUT2D eigenvalue weighted by Crippen LogP contribution is -2.45. The second kappa shape index (κ2) is 11.4. The van der Waals surface area contributed by atoms with Crippen molar-refractivity contribution >= 4 is 45.4 Å². The number of pyridine rings is 1. The molecule has 2 N–H and O–H groups in total. The monoisotopic (exact) mass is 655 g/mol. The lowest BCUT2D eigenvalue weighted by atomic mass is 9.95. The number of ether oxygens (including phenoxy) is 3. The third-order valence-electron chi connectivity index (χ3n) is 9.73. The molecule has 5 aliphatic heterocycles. The van der Waals surface area contributed by atoms with E-state index in [1.165, 1.54) is 6.20 Å². The summed E-state index contributed by atoms with van der Waals surface area (Å²) in [6, 6.07) is 1.63. The zero-order valence-electron chi connectivity index (χ0n) is 24.8. The predicted octanol–water partition coefficient (Wildman–Crippen LogP) is 4.21. The van der Waals surface area contributed by atoms with E-state index in [9.17, 15) is 14.3 Å². The Morgan fingerprint density at radius 2 is 2.09 bits per heavy atom. The lowest BCUT2D eigenvalue weighted by molar-refractivity contribution is 0.0323. The number of H-pyrrole nitrogens is 1. The Bertz CT molecular complexity index is 1840. The third kappa shape index (κ3) is 5.06. The number of benzene rings is 1. The highest BCUT2D eigenvalue weighted by atomic mass is 35.5. The molecular weight excluding hydrogens is 624 g/mol. The van der Waals surface area contributed by atoms with Crippen molar-refractivity contribution in [2.24, 2.45) is 5.92 Å². The first kappa shape index (κ1) is 29.5. The van der Waals surface area contributed by atoms with Crippen LogP contribution in [0.2, 0.25) is 5.02 Å². The summed E-state index contributed by atoms with van der Waals surface area (Å²) in [7, 11) is 0. The minimum atomic E-state index is -0.937. The van der Waals surface area contributed by atoms with Gasteiger partial charge in [0, 0.05) is 60.6 Å². The standard InChI is InChI=1S/C31H32ClF2N7O5/c32-22-7-23-20(10-36-39-23)24-19(22)2-5-44-30(43)45-14-16-6-18(42)13-40(11-16)28-21-9-35-27(24)25(34)26(21)37-29(38-28)46-15-31-3-1-4-41(31)12-17(33)8-31/h7,9-10,16-18,42H,1-6,8,11-15H2,(H,36,39)/t16-,17-,18+,31+/m1/s1. The lowest BCUT2D eigenvalue weighted by Gasteiger charge is -2.36. The first-order valence-corrected chi connectivity index (χ1v) is 15.9. The summed E-state index contributed by atoms with van der Waals surface area (Å²) in [5, 5.41) is 19.0. The van der Waals surface area contributed by atoms with Crippen molar-refractivity contribution in [1.82, 2.24) is 30.0 Å². The topological polar surface area (TPSA) is 139 Å². The van der Waals surface area contributed by atoms with Gasteiger partial charge in [0.25, 0.3) is 0 Å². The summed E-state index contributed by atoms with van der Waals surface area (Å²) in [5.74, 6) is -0.651. The van der Waals surface area contributed by atoms with Crippen LogP contribution in [0.3, 0.4) is 0 Å². The van der Waals surface area contributed by atoms with Crippen molar-refractivity contribution in [1.29, 1.82) is 0 Å². The normalized spacial score (nSPS) is 26.8. The Hall–Kier alpha value is -3.88. The van der Waals surface area contributed by atoms with Crippen LogP contribution in [0.4, 0.5) is 19.4 Å². The average Bonchev–Trinajstić information content (AvgIpc) is 3.73. The van der Waals surface area contributed by atoms with Crippen molar-refractivity contribution in [3.05, 3.63) is 34.9 Å². The van der Waals surface area contributed by atoms with Gasteiger partial charge in [-0.05, 0) is 37.4 Å². The molecule has 6 bridgehead atoms. The number of anilines is 1. The maximum Gasteiger partial charge on any atom is 0.508 e. The number of aliphatic hydroxyl groups excluding tert-OH is 1. The minimum absolute atomic E-state index is 0.00522. The van der Waals surface area contributed by atoms with Crippen LogP contribution in [0.5, 0.6) is 6.01 Å². The number of rotatable bonds is 3. The third-order valence-corrected chi connectivity index (χ3v) is 10.1. The highest BCUT2D eigenvalue weighted by Crippen LogP contribution is 2.42. The Balaban J connectivity index is 1.30. The molecular formula is C31H32ClF2N7O5. The summed E-state index contributed by atoms with van der Waals surface area (Å²) in [6.07, 6.45) is 3.15. The molecule has 242 valence electrons. The van der Waals surface area contributed by atoms with Crippen molar-refractivity contribution in [3.8, 4) is 17.3 Å². The van der Waals surface area contributed by atoms with Gasteiger partial charge in [-0.1, -0.05) is 11.6 Å². The van der Waals surface area contributed by atoms with E-state index in [0.717, 1.165) is 19.4 Å². The van der Waals surface area contributed by atoms with Gasteiger partial charge < -0.3 is 24.2 Å². The van der Waals surface area contributed by atoms with E-state index in [1.54, 1.807) is 12.3 Å². The molecule has 46 heavy (non-hydrogen) atoms. The van der Waals surface area contributed by atoms with Gasteiger partial charge in [-0.3, -0.25) is 15.0 Å². The molecule has 8 heterocycles. The minimum Gasteiger partial charge on any atom is -0.461 e. The molecule has 1 aromatic carbocycles. The second-order valence-electron chi connectivity index (χ2n) is 12.7. The Morgan fingerprint density at radius 3 is 2.98 bits per heavy atom. The number of nitrogens with one attached hydrogen (secondary N) is 1. The van der Waals surface area contributed by atoms with E-state index in [2.05, 4.69) is 25.1 Å². The Labute approximate surface area is 267 Å². The number of alkyl halides is 1. The van der Waals surface area contributed by atoms with Crippen LogP contribution >= 0.6 is 11.6 Å². The molecule has 0 saturated carbocycles. The van der Waals surface area contributed by atoms with Crippen molar-refractivity contribution in [2.45, 2.75) is 49.9 Å². The number of carbonyl (C=O) groups excluding carboxylic acids is 1. The number of nitrogens with zero attached hydrogens (tertiary/aromatic N) is 6. The van der Waals surface area contributed by atoms with E-state index in [-0.39, 0.29) is 55.9 Å². The number of carbonyl (C=O) groups is 1. The van der Waals surface area contributed by atoms with E-state index in [4.69, 9.17) is 30.8 Å². The fraction of sp³-hybridized carbons (Fsp3) is 0.516. The maximum absolute atomic E-state index is 16.9. The SMILES string of the molecule is O=C1OCCc2c(Cl)cc3[nH]ncc3c2-c2ncc3c(nc(OC[C@@]45CCCN4C[C@H](F)C5)nc3c2F)N2C[C@@H](O)C[C@@H](CO1)C2. The smallest absolute Gasteiger partial charge is 0.461 e.